The van der Waals surface area contributed by atoms with Crippen molar-refractivity contribution in [2.24, 2.45) is 0 Å². The van der Waals surface area contributed by atoms with Crippen LogP contribution < -0.4 is 4.90 Å². The second kappa shape index (κ2) is 14.3. The van der Waals surface area contributed by atoms with Crippen LogP contribution in [0.3, 0.4) is 0 Å². The predicted octanol–water partition coefficient (Wildman–Crippen LogP) is 16.7. The summed E-state index contributed by atoms with van der Waals surface area (Å²) in [6.45, 7) is 0. The monoisotopic (exact) mass is 817 g/mol. The smallest absolute Gasteiger partial charge is 0.137 e. The number of nitrogens with zero attached hydrogens (tertiary/aromatic N) is 1. The van der Waals surface area contributed by atoms with Gasteiger partial charge in [-0.15, -0.1) is 0 Å². The van der Waals surface area contributed by atoms with Crippen molar-refractivity contribution in [1.29, 1.82) is 0 Å². The number of rotatable bonds is 7. The van der Waals surface area contributed by atoms with E-state index in [1.54, 1.807) is 0 Å². The molecule has 3 heteroatoms. The highest BCUT2D eigenvalue weighted by molar-refractivity contribution is 6.21. The molecule has 0 fully saturated rings. The molecular weight excluding hydrogens is 779 g/mol. The zero-order valence-corrected chi connectivity index (χ0v) is 34.8. The maximum absolute atomic E-state index is 6.89. The predicted molar refractivity (Wildman–Crippen MR) is 264 cm³/mol. The number of furan rings is 2. The van der Waals surface area contributed by atoms with Crippen molar-refractivity contribution >= 4 is 60.9 Å². The lowest BCUT2D eigenvalue weighted by atomic mass is 9.68. The molecule has 1 aliphatic carbocycles. The van der Waals surface area contributed by atoms with Crippen molar-refractivity contribution in [3.05, 3.63) is 259 Å². The highest BCUT2D eigenvalue weighted by Crippen LogP contribution is 2.60. The Kier molecular flexibility index (Phi) is 8.13. The van der Waals surface area contributed by atoms with E-state index in [0.29, 0.717) is 0 Å². The Bertz CT molecular complexity index is 3660. The third kappa shape index (κ3) is 5.34. The normalized spacial score (nSPS) is 12.8. The molecule has 2 heterocycles. The van der Waals surface area contributed by atoms with Crippen LogP contribution in [0.15, 0.2) is 245 Å². The summed E-state index contributed by atoms with van der Waals surface area (Å²) in [5.74, 6) is 0. The number of hydrogen-bond donors (Lipinski definition) is 0. The molecule has 0 N–H and O–H groups in total. The molecule has 64 heavy (non-hydrogen) atoms. The first-order chi connectivity index (χ1) is 31.8. The molecule has 0 aliphatic heterocycles. The first-order valence-electron chi connectivity index (χ1n) is 21.9. The molecule has 12 aromatic rings. The van der Waals surface area contributed by atoms with Gasteiger partial charge in [0.05, 0.1) is 22.2 Å². The van der Waals surface area contributed by atoms with Crippen LogP contribution in [0.4, 0.5) is 17.1 Å². The van der Waals surface area contributed by atoms with Crippen molar-refractivity contribution in [2.45, 2.75) is 5.41 Å². The quantitative estimate of drug-likeness (QED) is 0.160. The fourth-order valence-electron chi connectivity index (χ4n) is 10.7. The Hall–Kier alpha value is -8.40. The molecule has 0 atom stereocenters. The van der Waals surface area contributed by atoms with Gasteiger partial charge in [-0.2, -0.15) is 0 Å². The average Bonchev–Trinajstić information content (AvgIpc) is 4.03. The molecular formula is C61H39NO2. The zero-order chi connectivity index (χ0) is 42.2. The maximum atomic E-state index is 6.89. The topological polar surface area (TPSA) is 29.5 Å². The molecule has 0 unspecified atom stereocenters. The van der Waals surface area contributed by atoms with Crippen molar-refractivity contribution in [3.63, 3.8) is 0 Å². The third-order valence-corrected chi connectivity index (χ3v) is 13.4. The SMILES string of the molecule is c1ccc(-c2ccc(N(c3cccc4c3-c3ccccc3C4(c3ccccc3)c3ccccc3)c3cccc4oc5cc6c(cc5c34)oc3cccc(-c4ccccc4)c36)cc2)cc1. The van der Waals surface area contributed by atoms with Crippen LogP contribution in [0, 0.1) is 0 Å². The molecule has 0 spiro atoms. The van der Waals surface area contributed by atoms with Crippen LogP contribution in [0.2, 0.25) is 0 Å². The third-order valence-electron chi connectivity index (χ3n) is 13.4. The highest BCUT2D eigenvalue weighted by atomic mass is 16.3. The van der Waals surface area contributed by atoms with E-state index in [9.17, 15) is 0 Å². The molecule has 0 saturated heterocycles. The molecule has 0 saturated carbocycles. The summed E-state index contributed by atoms with van der Waals surface area (Å²) in [5.41, 5.74) is 17.9. The minimum atomic E-state index is -0.548. The lowest BCUT2D eigenvalue weighted by molar-refractivity contribution is 0.664. The van der Waals surface area contributed by atoms with E-state index in [1.165, 1.54) is 38.9 Å². The van der Waals surface area contributed by atoms with E-state index in [4.69, 9.17) is 8.83 Å². The Morgan fingerprint density at radius 3 is 1.48 bits per heavy atom. The molecule has 0 radical (unpaired) electrons. The van der Waals surface area contributed by atoms with Crippen molar-refractivity contribution in [3.8, 4) is 33.4 Å². The Labute approximate surface area is 370 Å². The summed E-state index contributed by atoms with van der Waals surface area (Å²) in [7, 11) is 0. The van der Waals surface area contributed by atoms with Crippen LogP contribution >= 0.6 is 0 Å². The number of anilines is 3. The van der Waals surface area contributed by atoms with E-state index >= 15 is 0 Å². The molecule has 10 aromatic carbocycles. The van der Waals surface area contributed by atoms with Crippen LogP contribution in [0.25, 0.3) is 77.3 Å². The van der Waals surface area contributed by atoms with Crippen LogP contribution in [-0.4, -0.2) is 0 Å². The Balaban J connectivity index is 1.09. The first kappa shape index (κ1) is 36.3. The summed E-state index contributed by atoms with van der Waals surface area (Å²) < 4.78 is 13.6. The van der Waals surface area contributed by atoms with Crippen LogP contribution in [0.5, 0.6) is 0 Å². The van der Waals surface area contributed by atoms with Gasteiger partial charge in [-0.05, 0) is 98.6 Å². The van der Waals surface area contributed by atoms with E-state index in [1.807, 2.05) is 0 Å². The largest absolute Gasteiger partial charge is 0.456 e. The summed E-state index contributed by atoms with van der Waals surface area (Å²) in [5, 5.41) is 4.15. The summed E-state index contributed by atoms with van der Waals surface area (Å²) in [4.78, 5) is 2.45. The van der Waals surface area contributed by atoms with Gasteiger partial charge in [-0.25, -0.2) is 0 Å². The van der Waals surface area contributed by atoms with E-state index in [0.717, 1.165) is 77.6 Å². The van der Waals surface area contributed by atoms with Crippen LogP contribution in [0.1, 0.15) is 22.3 Å². The molecule has 1 aliphatic rings. The number of hydrogen-bond acceptors (Lipinski definition) is 3. The van der Waals surface area contributed by atoms with Crippen molar-refractivity contribution in [2.75, 3.05) is 4.90 Å². The molecule has 300 valence electrons. The summed E-state index contributed by atoms with van der Waals surface area (Å²) in [6.07, 6.45) is 0. The van der Waals surface area contributed by atoms with Crippen LogP contribution in [-0.2, 0) is 5.41 Å². The molecule has 2 aromatic heterocycles. The van der Waals surface area contributed by atoms with Crippen molar-refractivity contribution < 1.29 is 8.83 Å². The lowest BCUT2D eigenvalue weighted by Crippen LogP contribution is -2.28. The van der Waals surface area contributed by atoms with Gasteiger partial charge in [-0.1, -0.05) is 188 Å². The van der Waals surface area contributed by atoms with Gasteiger partial charge in [0.1, 0.15) is 22.3 Å². The molecule has 0 amide bonds. The molecule has 0 bridgehead atoms. The zero-order valence-electron chi connectivity index (χ0n) is 34.8. The maximum Gasteiger partial charge on any atom is 0.137 e. The number of fused-ring (bicyclic) bond motifs is 9. The van der Waals surface area contributed by atoms with E-state index < -0.39 is 5.41 Å². The summed E-state index contributed by atoms with van der Waals surface area (Å²) >= 11 is 0. The average molecular weight is 818 g/mol. The highest BCUT2D eigenvalue weighted by Gasteiger charge is 2.47. The summed E-state index contributed by atoms with van der Waals surface area (Å²) in [6, 6.07) is 85.1. The minimum absolute atomic E-state index is 0.548. The second-order valence-corrected chi connectivity index (χ2v) is 16.7. The van der Waals surface area contributed by atoms with Gasteiger partial charge in [-0.3, -0.25) is 0 Å². The Morgan fingerprint density at radius 1 is 0.328 bits per heavy atom. The second-order valence-electron chi connectivity index (χ2n) is 16.7. The number of benzene rings is 10. The first-order valence-corrected chi connectivity index (χ1v) is 21.9. The van der Waals surface area contributed by atoms with E-state index in [-0.39, 0.29) is 0 Å². The fourth-order valence-corrected chi connectivity index (χ4v) is 10.7. The standard InChI is InChI=1S/C61H39NO2/c1-5-18-40(19-6-1)41-34-36-45(37-35-41)62(52-30-16-29-51-59(52)47-26-13-14-28-50(47)61(51,43-22-9-3-10-23-43)44-24-11-4-12-25-44)53-31-17-33-55-60(53)49-39-56-48(38-57(49)64-55)58-46(27-15-32-54(58)63-56)42-20-7-2-8-21-42/h1-39H. The van der Waals surface area contributed by atoms with Gasteiger partial charge < -0.3 is 13.7 Å². The van der Waals surface area contributed by atoms with Gasteiger partial charge in [0.15, 0.2) is 0 Å². The van der Waals surface area contributed by atoms with Gasteiger partial charge in [0.2, 0.25) is 0 Å². The minimum Gasteiger partial charge on any atom is -0.456 e. The fraction of sp³-hybridized carbons (Fsp3) is 0.0164. The van der Waals surface area contributed by atoms with Gasteiger partial charge >= 0.3 is 0 Å². The molecule has 13 rings (SSSR count). The van der Waals surface area contributed by atoms with Crippen molar-refractivity contribution in [1.82, 2.24) is 0 Å². The van der Waals surface area contributed by atoms with E-state index in [2.05, 4.69) is 241 Å². The van der Waals surface area contributed by atoms with Gasteiger partial charge in [0, 0.05) is 27.4 Å². The Morgan fingerprint density at radius 2 is 0.812 bits per heavy atom. The van der Waals surface area contributed by atoms with Gasteiger partial charge in [0.25, 0.3) is 0 Å². The molecule has 3 nitrogen and oxygen atoms in total. The lowest BCUT2D eigenvalue weighted by Gasteiger charge is -2.34.